The van der Waals surface area contributed by atoms with Crippen LogP contribution in [0.25, 0.3) is 0 Å². The van der Waals surface area contributed by atoms with Gasteiger partial charge in [-0.3, -0.25) is 9.69 Å². The predicted octanol–water partition coefficient (Wildman–Crippen LogP) is 2.35. The van der Waals surface area contributed by atoms with Crippen molar-refractivity contribution in [3.8, 4) is 0 Å². The highest BCUT2D eigenvalue weighted by Gasteiger charge is 2.34. The molecule has 2 heterocycles. The monoisotopic (exact) mass is 413 g/mol. The molecule has 1 aromatic carbocycles. The molecular formula is C17H24IN3O. The van der Waals surface area contributed by atoms with Gasteiger partial charge in [0, 0.05) is 47.9 Å². The normalized spacial score (nSPS) is 25.3. The number of nitrogens with zero attached hydrogens (tertiary/aromatic N) is 2. The molecular weight excluding hydrogens is 389 g/mol. The Morgan fingerprint density at radius 2 is 2.18 bits per heavy atom. The van der Waals surface area contributed by atoms with Crippen LogP contribution in [0.1, 0.15) is 29.3 Å². The summed E-state index contributed by atoms with van der Waals surface area (Å²) >= 11 is 2.41. The number of aldehydes is 1. The summed E-state index contributed by atoms with van der Waals surface area (Å²) in [5.41, 5.74) is 3.12. The van der Waals surface area contributed by atoms with Crippen molar-refractivity contribution in [3.05, 3.63) is 26.8 Å². The number of fused-ring (bicyclic) bond motifs is 1. The van der Waals surface area contributed by atoms with Crippen molar-refractivity contribution < 1.29 is 4.79 Å². The van der Waals surface area contributed by atoms with Crippen LogP contribution in [0.15, 0.2) is 12.1 Å². The van der Waals surface area contributed by atoms with E-state index in [0.29, 0.717) is 6.04 Å². The van der Waals surface area contributed by atoms with E-state index in [-0.39, 0.29) is 0 Å². The van der Waals surface area contributed by atoms with Crippen LogP contribution < -0.4 is 10.2 Å². The minimum atomic E-state index is 0.677. The number of carbonyl (C=O) groups excluding carboxylic acids is 1. The van der Waals surface area contributed by atoms with Crippen molar-refractivity contribution in [1.82, 2.24) is 10.2 Å². The Bertz CT molecular complexity index is 563. The Kier molecular flexibility index (Phi) is 5.04. The number of rotatable bonds is 4. The predicted molar refractivity (Wildman–Crippen MR) is 98.7 cm³/mol. The Balaban J connectivity index is 1.84. The van der Waals surface area contributed by atoms with Gasteiger partial charge in [0.05, 0.1) is 5.69 Å². The molecule has 4 nitrogen and oxygen atoms in total. The molecule has 2 aliphatic heterocycles. The van der Waals surface area contributed by atoms with Gasteiger partial charge in [-0.05, 0) is 59.7 Å². The second-order valence-electron chi connectivity index (χ2n) is 6.59. The molecule has 2 saturated heterocycles. The van der Waals surface area contributed by atoms with Crippen molar-refractivity contribution in [2.24, 2.45) is 5.92 Å². The zero-order chi connectivity index (χ0) is 15.7. The molecule has 0 amide bonds. The lowest BCUT2D eigenvalue weighted by Gasteiger charge is -2.39. The van der Waals surface area contributed by atoms with Crippen molar-refractivity contribution in [1.29, 1.82) is 0 Å². The topological polar surface area (TPSA) is 35.6 Å². The van der Waals surface area contributed by atoms with Crippen LogP contribution in [0, 0.1) is 9.49 Å². The molecule has 2 unspecified atom stereocenters. The van der Waals surface area contributed by atoms with Gasteiger partial charge in [0.2, 0.25) is 0 Å². The van der Waals surface area contributed by atoms with Crippen LogP contribution in [0.3, 0.4) is 0 Å². The first-order chi connectivity index (χ1) is 10.6. The number of piperazine rings is 1. The van der Waals surface area contributed by atoms with E-state index < -0.39 is 0 Å². The second kappa shape index (κ2) is 6.84. The number of hydrogen-bond donors (Lipinski definition) is 1. The van der Waals surface area contributed by atoms with Gasteiger partial charge in [0.15, 0.2) is 0 Å². The molecule has 0 aromatic heterocycles. The summed E-state index contributed by atoms with van der Waals surface area (Å²) in [6.45, 7) is 7.62. The average Bonchev–Trinajstić information content (AvgIpc) is 2.87. The number of halogens is 1. The second-order valence-corrected chi connectivity index (χ2v) is 7.75. The first kappa shape index (κ1) is 16.2. The molecule has 120 valence electrons. The van der Waals surface area contributed by atoms with E-state index in [1.54, 1.807) is 0 Å². The van der Waals surface area contributed by atoms with Crippen LogP contribution in [0.5, 0.6) is 0 Å². The lowest BCUT2D eigenvalue weighted by atomic mass is 10.0. The fraction of sp³-hybridized carbons (Fsp3) is 0.588. The first-order valence-electron chi connectivity index (χ1n) is 8.03. The standard InChI is InChI=1S/C17H24IN3O/c1-12-5-15-10-21(4-3-20(15)9-12)17-7-14(11-22)13(8-19-2)6-16(17)18/h6-7,11-12,15,19H,3-5,8-10H2,1-2H3. The van der Waals surface area contributed by atoms with Gasteiger partial charge >= 0.3 is 0 Å². The van der Waals surface area contributed by atoms with Crippen LogP contribution in [0.2, 0.25) is 0 Å². The van der Waals surface area contributed by atoms with Gasteiger partial charge in [-0.1, -0.05) is 6.92 Å². The molecule has 2 aliphatic rings. The zero-order valence-electron chi connectivity index (χ0n) is 13.3. The van der Waals surface area contributed by atoms with Gasteiger partial charge in [0.1, 0.15) is 6.29 Å². The maximum Gasteiger partial charge on any atom is 0.150 e. The molecule has 0 spiro atoms. The summed E-state index contributed by atoms with van der Waals surface area (Å²) in [7, 11) is 1.91. The molecule has 1 aromatic rings. The lowest BCUT2D eigenvalue weighted by molar-refractivity contribution is 0.112. The highest BCUT2D eigenvalue weighted by Crippen LogP contribution is 2.32. The molecule has 0 aliphatic carbocycles. The molecule has 1 N–H and O–H groups in total. The van der Waals surface area contributed by atoms with Crippen molar-refractivity contribution in [2.75, 3.05) is 38.1 Å². The minimum absolute atomic E-state index is 0.677. The summed E-state index contributed by atoms with van der Waals surface area (Å²) in [5.74, 6) is 0.813. The van der Waals surface area contributed by atoms with E-state index in [4.69, 9.17) is 0 Å². The summed E-state index contributed by atoms with van der Waals surface area (Å²) in [6.07, 6.45) is 2.28. The highest BCUT2D eigenvalue weighted by molar-refractivity contribution is 14.1. The fourth-order valence-corrected chi connectivity index (χ4v) is 4.70. The zero-order valence-corrected chi connectivity index (χ0v) is 15.5. The van der Waals surface area contributed by atoms with Crippen LogP contribution in [-0.2, 0) is 6.54 Å². The van der Waals surface area contributed by atoms with E-state index in [1.807, 2.05) is 7.05 Å². The highest BCUT2D eigenvalue weighted by atomic mass is 127. The van der Waals surface area contributed by atoms with Gasteiger partial charge < -0.3 is 10.2 Å². The van der Waals surface area contributed by atoms with Crippen molar-refractivity contribution in [2.45, 2.75) is 25.9 Å². The van der Waals surface area contributed by atoms with Gasteiger partial charge in [-0.25, -0.2) is 0 Å². The fourth-order valence-electron chi connectivity index (χ4n) is 3.83. The molecule has 0 radical (unpaired) electrons. The smallest absolute Gasteiger partial charge is 0.150 e. The lowest BCUT2D eigenvalue weighted by Crippen LogP contribution is -2.50. The minimum Gasteiger partial charge on any atom is -0.368 e. The van der Waals surface area contributed by atoms with E-state index in [1.165, 1.54) is 22.2 Å². The Hall–Kier alpha value is -0.660. The summed E-state index contributed by atoms with van der Waals surface area (Å²) < 4.78 is 1.24. The van der Waals surface area contributed by atoms with Crippen molar-refractivity contribution >= 4 is 34.6 Å². The summed E-state index contributed by atoms with van der Waals surface area (Å²) in [4.78, 5) is 16.5. The summed E-state index contributed by atoms with van der Waals surface area (Å²) in [6, 6.07) is 4.91. The molecule has 5 heteroatoms. The van der Waals surface area contributed by atoms with Gasteiger partial charge in [0.25, 0.3) is 0 Å². The van der Waals surface area contributed by atoms with Crippen LogP contribution in [-0.4, -0.2) is 50.5 Å². The maximum absolute atomic E-state index is 11.4. The van der Waals surface area contributed by atoms with Gasteiger partial charge in [-0.2, -0.15) is 0 Å². The van der Waals surface area contributed by atoms with Crippen LogP contribution in [0.4, 0.5) is 5.69 Å². The van der Waals surface area contributed by atoms with E-state index in [2.05, 4.69) is 56.8 Å². The molecule has 2 fully saturated rings. The Morgan fingerprint density at radius 1 is 1.36 bits per heavy atom. The number of nitrogens with one attached hydrogen (secondary N) is 1. The van der Waals surface area contributed by atoms with E-state index >= 15 is 0 Å². The first-order valence-corrected chi connectivity index (χ1v) is 9.11. The molecule has 0 saturated carbocycles. The number of benzene rings is 1. The Labute approximate surface area is 146 Å². The number of carbonyl (C=O) groups is 1. The van der Waals surface area contributed by atoms with Gasteiger partial charge in [-0.15, -0.1) is 0 Å². The molecule has 3 rings (SSSR count). The van der Waals surface area contributed by atoms with E-state index in [0.717, 1.165) is 49.5 Å². The maximum atomic E-state index is 11.4. The quantitative estimate of drug-likeness (QED) is 0.608. The third-order valence-corrected chi connectivity index (χ3v) is 5.73. The number of hydrogen-bond acceptors (Lipinski definition) is 4. The Morgan fingerprint density at radius 3 is 2.91 bits per heavy atom. The molecule has 0 bridgehead atoms. The SMILES string of the molecule is CNCc1cc(I)c(N2CCN3CC(C)CC3C2)cc1C=O. The summed E-state index contributed by atoms with van der Waals surface area (Å²) in [5, 5.41) is 3.14. The third kappa shape index (κ3) is 3.16. The van der Waals surface area contributed by atoms with E-state index in [9.17, 15) is 4.79 Å². The third-order valence-electron chi connectivity index (χ3n) is 4.87. The largest absolute Gasteiger partial charge is 0.368 e. The molecule has 2 atom stereocenters. The number of anilines is 1. The van der Waals surface area contributed by atoms with Crippen LogP contribution >= 0.6 is 22.6 Å². The van der Waals surface area contributed by atoms with Crippen molar-refractivity contribution in [3.63, 3.8) is 0 Å². The molecule has 22 heavy (non-hydrogen) atoms. The average molecular weight is 413 g/mol.